The average molecular weight is 550 g/mol. The Labute approximate surface area is 232 Å². The second-order valence-corrected chi connectivity index (χ2v) is 12.9. The van der Waals surface area contributed by atoms with E-state index in [0.717, 1.165) is 26.6 Å². The molecule has 0 spiro atoms. The minimum atomic E-state index is -4.09. The molecule has 3 aromatic carbocycles. The van der Waals surface area contributed by atoms with Crippen LogP contribution in [0.4, 0.5) is 5.69 Å². The zero-order valence-electron chi connectivity index (χ0n) is 23.9. The summed E-state index contributed by atoms with van der Waals surface area (Å²) in [5, 5.41) is 2.94. The van der Waals surface area contributed by atoms with E-state index in [9.17, 15) is 18.0 Å². The summed E-state index contributed by atoms with van der Waals surface area (Å²) < 4.78 is 29.0. The summed E-state index contributed by atoms with van der Waals surface area (Å²) in [6.45, 7) is 12.7. The number of hydrogen-bond acceptors (Lipinski definition) is 4. The molecule has 3 rings (SSSR count). The van der Waals surface area contributed by atoms with E-state index in [4.69, 9.17) is 0 Å². The van der Waals surface area contributed by atoms with Crippen LogP contribution >= 0.6 is 0 Å². The standard InChI is InChI=1S/C31H39N3O4S/c1-22-14-17-26(18-15-22)20-33(25(4)30(36)32-31(5,6)7)29(35)21-34(28-19-23(2)13-16-24(28)3)39(37,38)27-11-9-8-10-12-27/h8-19,25H,20-21H2,1-7H3,(H,32,36)/t25-/m1/s1. The lowest BCUT2D eigenvalue weighted by atomic mass is 10.1. The van der Waals surface area contributed by atoms with Gasteiger partial charge in [-0.15, -0.1) is 0 Å². The lowest BCUT2D eigenvalue weighted by Gasteiger charge is -2.34. The van der Waals surface area contributed by atoms with Gasteiger partial charge in [-0.2, -0.15) is 0 Å². The van der Waals surface area contributed by atoms with E-state index in [-0.39, 0.29) is 17.3 Å². The molecule has 0 aromatic heterocycles. The van der Waals surface area contributed by atoms with E-state index in [0.29, 0.717) is 5.69 Å². The fourth-order valence-corrected chi connectivity index (χ4v) is 5.66. The molecule has 0 unspecified atom stereocenters. The van der Waals surface area contributed by atoms with E-state index in [1.165, 1.54) is 17.0 Å². The second-order valence-electron chi connectivity index (χ2n) is 11.0. The van der Waals surface area contributed by atoms with Gasteiger partial charge in [-0.05, 0) is 83.4 Å². The van der Waals surface area contributed by atoms with Crippen molar-refractivity contribution in [3.8, 4) is 0 Å². The Morgan fingerprint density at radius 3 is 2.05 bits per heavy atom. The second kappa shape index (κ2) is 12.0. The molecule has 2 amide bonds. The first-order chi connectivity index (χ1) is 18.2. The van der Waals surface area contributed by atoms with Crippen molar-refractivity contribution in [2.45, 2.75) is 71.5 Å². The van der Waals surface area contributed by atoms with Crippen molar-refractivity contribution in [3.05, 3.63) is 95.1 Å². The maximum Gasteiger partial charge on any atom is 0.264 e. The van der Waals surface area contributed by atoms with Crippen LogP contribution < -0.4 is 9.62 Å². The molecule has 1 atom stereocenters. The summed E-state index contributed by atoms with van der Waals surface area (Å²) in [6, 6.07) is 20.5. The van der Waals surface area contributed by atoms with Gasteiger partial charge in [0.25, 0.3) is 10.0 Å². The molecule has 0 saturated carbocycles. The Kier molecular flexibility index (Phi) is 9.22. The lowest BCUT2D eigenvalue weighted by molar-refractivity contribution is -0.140. The van der Waals surface area contributed by atoms with Crippen LogP contribution in [-0.2, 0) is 26.2 Å². The van der Waals surface area contributed by atoms with Gasteiger partial charge in [0.2, 0.25) is 11.8 Å². The molecule has 0 heterocycles. The first-order valence-corrected chi connectivity index (χ1v) is 14.4. The van der Waals surface area contributed by atoms with Gasteiger partial charge in [-0.1, -0.05) is 60.2 Å². The lowest BCUT2D eigenvalue weighted by Crippen LogP contribution is -2.54. The number of amides is 2. The summed E-state index contributed by atoms with van der Waals surface area (Å²) >= 11 is 0. The predicted molar refractivity (Wildman–Crippen MR) is 156 cm³/mol. The Balaban J connectivity index is 2.06. The molecule has 0 aliphatic heterocycles. The van der Waals surface area contributed by atoms with Gasteiger partial charge in [-0.25, -0.2) is 8.42 Å². The van der Waals surface area contributed by atoms with Crippen molar-refractivity contribution in [1.82, 2.24) is 10.2 Å². The van der Waals surface area contributed by atoms with Crippen LogP contribution in [0.5, 0.6) is 0 Å². The number of nitrogens with one attached hydrogen (secondary N) is 1. The maximum atomic E-state index is 14.0. The number of anilines is 1. The zero-order valence-corrected chi connectivity index (χ0v) is 24.7. The Hall–Kier alpha value is -3.65. The summed E-state index contributed by atoms with van der Waals surface area (Å²) in [6.07, 6.45) is 0. The van der Waals surface area contributed by atoms with Crippen LogP contribution in [0, 0.1) is 20.8 Å². The van der Waals surface area contributed by atoms with Gasteiger partial charge in [0.1, 0.15) is 12.6 Å². The van der Waals surface area contributed by atoms with Crippen molar-refractivity contribution in [2.24, 2.45) is 0 Å². The van der Waals surface area contributed by atoms with Crippen LogP contribution in [0.2, 0.25) is 0 Å². The average Bonchev–Trinajstić information content (AvgIpc) is 2.87. The van der Waals surface area contributed by atoms with Crippen molar-refractivity contribution >= 4 is 27.5 Å². The highest BCUT2D eigenvalue weighted by molar-refractivity contribution is 7.92. The SMILES string of the molecule is Cc1ccc(CN(C(=O)CN(c2cc(C)ccc2C)S(=O)(=O)c2ccccc2)[C@H](C)C(=O)NC(C)(C)C)cc1. The summed E-state index contributed by atoms with van der Waals surface area (Å²) in [7, 11) is -4.09. The van der Waals surface area contributed by atoms with Crippen molar-refractivity contribution in [2.75, 3.05) is 10.8 Å². The molecular weight excluding hydrogens is 510 g/mol. The Bertz CT molecular complexity index is 1410. The minimum Gasteiger partial charge on any atom is -0.350 e. The zero-order chi connectivity index (χ0) is 29.0. The predicted octanol–water partition coefficient (Wildman–Crippen LogP) is 5.14. The van der Waals surface area contributed by atoms with Gasteiger partial charge in [0.15, 0.2) is 0 Å². The van der Waals surface area contributed by atoms with E-state index in [1.807, 2.05) is 77.9 Å². The first-order valence-electron chi connectivity index (χ1n) is 13.0. The number of carbonyl (C=O) groups is 2. The Morgan fingerprint density at radius 2 is 1.46 bits per heavy atom. The Morgan fingerprint density at radius 1 is 0.872 bits per heavy atom. The van der Waals surface area contributed by atoms with Crippen molar-refractivity contribution in [3.63, 3.8) is 0 Å². The fourth-order valence-electron chi connectivity index (χ4n) is 4.17. The normalized spacial score (nSPS) is 12.5. The molecule has 8 heteroatoms. The van der Waals surface area contributed by atoms with Gasteiger partial charge in [0.05, 0.1) is 10.6 Å². The number of nitrogens with zero attached hydrogens (tertiary/aromatic N) is 2. The van der Waals surface area contributed by atoms with Crippen LogP contribution in [0.15, 0.2) is 77.7 Å². The molecule has 208 valence electrons. The summed E-state index contributed by atoms with van der Waals surface area (Å²) in [5.74, 6) is -0.792. The maximum absolute atomic E-state index is 14.0. The molecule has 1 N–H and O–H groups in total. The number of hydrogen-bond donors (Lipinski definition) is 1. The molecule has 39 heavy (non-hydrogen) atoms. The quantitative estimate of drug-likeness (QED) is 0.401. The number of benzene rings is 3. The number of carbonyl (C=O) groups excluding carboxylic acids is 2. The molecule has 7 nitrogen and oxygen atoms in total. The van der Waals surface area contributed by atoms with Gasteiger partial charge < -0.3 is 10.2 Å². The molecule has 3 aromatic rings. The summed E-state index contributed by atoms with van der Waals surface area (Å²) in [4.78, 5) is 28.7. The number of sulfonamides is 1. The molecule has 0 saturated heterocycles. The third-order valence-electron chi connectivity index (χ3n) is 6.38. The van der Waals surface area contributed by atoms with Crippen LogP contribution in [0.1, 0.15) is 49.9 Å². The van der Waals surface area contributed by atoms with E-state index in [2.05, 4.69) is 5.32 Å². The molecule has 0 aliphatic carbocycles. The van der Waals surface area contributed by atoms with Gasteiger partial charge in [-0.3, -0.25) is 13.9 Å². The largest absolute Gasteiger partial charge is 0.350 e. The highest BCUT2D eigenvalue weighted by Crippen LogP contribution is 2.28. The third kappa shape index (κ3) is 7.69. The highest BCUT2D eigenvalue weighted by Gasteiger charge is 2.33. The molecule has 0 radical (unpaired) electrons. The first kappa shape index (κ1) is 29.9. The van der Waals surface area contributed by atoms with Crippen LogP contribution in [-0.4, -0.2) is 43.3 Å². The third-order valence-corrected chi connectivity index (χ3v) is 8.16. The molecule has 0 aliphatic rings. The molecular formula is C31H39N3O4S. The van der Waals surface area contributed by atoms with E-state index in [1.54, 1.807) is 31.2 Å². The number of aryl methyl sites for hydroxylation is 3. The van der Waals surface area contributed by atoms with Gasteiger partial charge in [0, 0.05) is 12.1 Å². The monoisotopic (exact) mass is 549 g/mol. The van der Waals surface area contributed by atoms with Crippen molar-refractivity contribution in [1.29, 1.82) is 0 Å². The van der Waals surface area contributed by atoms with Crippen LogP contribution in [0.25, 0.3) is 0 Å². The fraction of sp³-hybridized carbons (Fsp3) is 0.355. The highest BCUT2D eigenvalue weighted by atomic mass is 32.2. The van der Waals surface area contributed by atoms with Crippen LogP contribution in [0.3, 0.4) is 0 Å². The van der Waals surface area contributed by atoms with E-state index >= 15 is 0 Å². The van der Waals surface area contributed by atoms with E-state index < -0.39 is 34.1 Å². The smallest absolute Gasteiger partial charge is 0.264 e. The molecule has 0 bridgehead atoms. The number of rotatable bonds is 9. The summed E-state index contributed by atoms with van der Waals surface area (Å²) in [5.41, 5.74) is 3.43. The van der Waals surface area contributed by atoms with Crippen molar-refractivity contribution < 1.29 is 18.0 Å². The molecule has 0 fully saturated rings. The van der Waals surface area contributed by atoms with Gasteiger partial charge >= 0.3 is 0 Å². The minimum absolute atomic E-state index is 0.0855. The topological polar surface area (TPSA) is 86.8 Å².